The van der Waals surface area contributed by atoms with Gasteiger partial charge in [-0.3, -0.25) is 4.79 Å². The number of carbonyl (C=O) groups excluding carboxylic acids is 1. The molecule has 0 saturated carbocycles. The van der Waals surface area contributed by atoms with E-state index in [1.54, 1.807) is 0 Å². The number of benzene rings is 1. The predicted octanol–water partition coefficient (Wildman–Crippen LogP) is 1.42. The first-order valence-electron chi connectivity index (χ1n) is 7.17. The molecule has 0 aliphatic carbocycles. The molecule has 2 aliphatic rings. The Morgan fingerprint density at radius 3 is 3.10 bits per heavy atom. The molecule has 2 heterocycles. The third kappa shape index (κ3) is 3.22. The van der Waals surface area contributed by atoms with Crippen LogP contribution in [0, 0.1) is 5.92 Å². The minimum atomic E-state index is 0.120. The average Bonchev–Trinajstić information content (AvgIpc) is 3.13. The first-order chi connectivity index (χ1) is 9.81. The highest BCUT2D eigenvalue weighted by Gasteiger charge is 2.16. The van der Waals surface area contributed by atoms with Crippen LogP contribution in [0.25, 0.3) is 0 Å². The van der Waals surface area contributed by atoms with Crippen molar-refractivity contribution in [2.75, 3.05) is 19.9 Å². The molecule has 0 spiro atoms. The molecule has 1 aromatic rings. The van der Waals surface area contributed by atoms with Crippen molar-refractivity contribution < 1.29 is 14.3 Å². The molecule has 1 amide bonds. The van der Waals surface area contributed by atoms with Gasteiger partial charge in [0.1, 0.15) is 0 Å². The van der Waals surface area contributed by atoms with Gasteiger partial charge in [-0.1, -0.05) is 6.07 Å². The third-order valence-corrected chi connectivity index (χ3v) is 3.87. The molecule has 1 fully saturated rings. The molecule has 3 rings (SSSR count). The van der Waals surface area contributed by atoms with Gasteiger partial charge in [0.25, 0.3) is 0 Å². The Labute approximate surface area is 118 Å². The molecule has 0 aromatic heterocycles. The molecule has 1 saturated heterocycles. The van der Waals surface area contributed by atoms with Gasteiger partial charge in [0.15, 0.2) is 11.5 Å². The molecule has 108 valence electrons. The highest BCUT2D eigenvalue weighted by Crippen LogP contribution is 2.32. The van der Waals surface area contributed by atoms with Gasteiger partial charge in [-0.2, -0.15) is 0 Å². The quantitative estimate of drug-likeness (QED) is 0.854. The second kappa shape index (κ2) is 6.13. The summed E-state index contributed by atoms with van der Waals surface area (Å²) < 4.78 is 10.6. The number of rotatable bonds is 5. The second-order valence-corrected chi connectivity index (χ2v) is 5.36. The lowest BCUT2D eigenvalue weighted by Gasteiger charge is -2.09. The van der Waals surface area contributed by atoms with Crippen molar-refractivity contribution in [3.8, 4) is 11.5 Å². The van der Waals surface area contributed by atoms with Crippen LogP contribution in [0.5, 0.6) is 11.5 Å². The van der Waals surface area contributed by atoms with E-state index in [1.807, 2.05) is 18.2 Å². The normalized spacial score (nSPS) is 20.1. The summed E-state index contributed by atoms with van der Waals surface area (Å²) in [6.45, 7) is 2.96. The Morgan fingerprint density at radius 1 is 1.35 bits per heavy atom. The highest BCUT2D eigenvalue weighted by atomic mass is 16.7. The maximum Gasteiger partial charge on any atom is 0.231 e. The van der Waals surface area contributed by atoms with Crippen LogP contribution in [-0.2, 0) is 11.3 Å². The van der Waals surface area contributed by atoms with Crippen molar-refractivity contribution in [3.05, 3.63) is 23.8 Å². The standard InChI is InChI=1S/C15H20N2O3/c18-15(4-2-11-5-6-16-8-11)17-9-12-1-3-13-14(7-12)20-10-19-13/h1,3,7,11,16H,2,4-6,8-10H2,(H,17,18). The molecule has 1 unspecified atom stereocenters. The Bertz CT molecular complexity index is 484. The number of hydrogen-bond donors (Lipinski definition) is 2. The first-order valence-corrected chi connectivity index (χ1v) is 7.17. The smallest absolute Gasteiger partial charge is 0.231 e. The van der Waals surface area contributed by atoms with E-state index in [9.17, 15) is 4.79 Å². The van der Waals surface area contributed by atoms with E-state index >= 15 is 0 Å². The average molecular weight is 276 g/mol. The van der Waals surface area contributed by atoms with Crippen molar-refractivity contribution in [2.45, 2.75) is 25.8 Å². The van der Waals surface area contributed by atoms with Crippen LogP contribution in [0.4, 0.5) is 0 Å². The van der Waals surface area contributed by atoms with Gasteiger partial charge >= 0.3 is 0 Å². The second-order valence-electron chi connectivity index (χ2n) is 5.36. The minimum Gasteiger partial charge on any atom is -0.454 e. The fraction of sp³-hybridized carbons (Fsp3) is 0.533. The van der Waals surface area contributed by atoms with Gasteiger partial charge in [-0.05, 0) is 49.5 Å². The van der Waals surface area contributed by atoms with Crippen molar-refractivity contribution in [2.24, 2.45) is 5.92 Å². The van der Waals surface area contributed by atoms with Gasteiger partial charge in [-0.25, -0.2) is 0 Å². The maximum atomic E-state index is 11.8. The summed E-state index contributed by atoms with van der Waals surface area (Å²) in [5, 5.41) is 6.28. The fourth-order valence-electron chi connectivity index (χ4n) is 2.64. The summed E-state index contributed by atoms with van der Waals surface area (Å²) in [5.74, 6) is 2.31. The molecular formula is C15H20N2O3. The monoisotopic (exact) mass is 276 g/mol. The van der Waals surface area contributed by atoms with E-state index in [4.69, 9.17) is 9.47 Å². The fourth-order valence-corrected chi connectivity index (χ4v) is 2.64. The molecule has 5 nitrogen and oxygen atoms in total. The van der Waals surface area contributed by atoms with E-state index in [-0.39, 0.29) is 12.7 Å². The Kier molecular flexibility index (Phi) is 4.06. The van der Waals surface area contributed by atoms with Crippen LogP contribution in [0.2, 0.25) is 0 Å². The first kappa shape index (κ1) is 13.2. The highest BCUT2D eigenvalue weighted by molar-refractivity contribution is 5.75. The largest absolute Gasteiger partial charge is 0.454 e. The molecule has 1 atom stereocenters. The number of nitrogens with one attached hydrogen (secondary N) is 2. The number of hydrogen-bond acceptors (Lipinski definition) is 4. The Hall–Kier alpha value is -1.75. The van der Waals surface area contributed by atoms with Crippen molar-refractivity contribution in [3.63, 3.8) is 0 Å². The molecular weight excluding hydrogens is 256 g/mol. The predicted molar refractivity (Wildman–Crippen MR) is 74.6 cm³/mol. The maximum absolute atomic E-state index is 11.8. The summed E-state index contributed by atoms with van der Waals surface area (Å²) >= 11 is 0. The van der Waals surface area contributed by atoms with E-state index in [0.29, 0.717) is 18.9 Å². The number of fused-ring (bicyclic) bond motifs is 1. The lowest BCUT2D eigenvalue weighted by molar-refractivity contribution is -0.121. The van der Waals surface area contributed by atoms with Crippen LogP contribution in [-0.4, -0.2) is 25.8 Å². The van der Waals surface area contributed by atoms with Crippen LogP contribution >= 0.6 is 0 Å². The molecule has 0 radical (unpaired) electrons. The minimum absolute atomic E-state index is 0.120. The van der Waals surface area contributed by atoms with E-state index in [0.717, 1.165) is 36.6 Å². The summed E-state index contributed by atoms with van der Waals surface area (Å²) in [6.07, 6.45) is 2.77. The van der Waals surface area contributed by atoms with Gasteiger partial charge in [0.05, 0.1) is 0 Å². The summed E-state index contributed by atoms with van der Waals surface area (Å²) in [7, 11) is 0. The van der Waals surface area contributed by atoms with Gasteiger partial charge < -0.3 is 20.1 Å². The van der Waals surface area contributed by atoms with E-state index in [2.05, 4.69) is 10.6 Å². The zero-order chi connectivity index (χ0) is 13.8. The van der Waals surface area contributed by atoms with Gasteiger partial charge in [0, 0.05) is 13.0 Å². The van der Waals surface area contributed by atoms with Crippen LogP contribution < -0.4 is 20.1 Å². The third-order valence-electron chi connectivity index (χ3n) is 3.87. The van der Waals surface area contributed by atoms with Gasteiger partial charge in [0.2, 0.25) is 12.7 Å². The van der Waals surface area contributed by atoms with Crippen molar-refractivity contribution in [1.82, 2.24) is 10.6 Å². The Morgan fingerprint density at radius 2 is 2.25 bits per heavy atom. The van der Waals surface area contributed by atoms with E-state index in [1.165, 1.54) is 6.42 Å². The van der Waals surface area contributed by atoms with Crippen molar-refractivity contribution in [1.29, 1.82) is 0 Å². The number of ether oxygens (including phenoxy) is 2. The SMILES string of the molecule is O=C(CCC1CCNC1)NCc1ccc2c(c1)OCO2. The lowest BCUT2D eigenvalue weighted by atomic mass is 10.0. The molecule has 1 aromatic carbocycles. The molecule has 5 heteroatoms. The lowest BCUT2D eigenvalue weighted by Crippen LogP contribution is -2.23. The number of carbonyl (C=O) groups is 1. The summed E-state index contributed by atoms with van der Waals surface area (Å²) in [5.41, 5.74) is 1.03. The molecule has 2 N–H and O–H groups in total. The summed E-state index contributed by atoms with van der Waals surface area (Å²) in [4.78, 5) is 11.8. The zero-order valence-electron chi connectivity index (χ0n) is 11.5. The van der Waals surface area contributed by atoms with E-state index < -0.39 is 0 Å². The van der Waals surface area contributed by atoms with Gasteiger partial charge in [-0.15, -0.1) is 0 Å². The molecule has 20 heavy (non-hydrogen) atoms. The molecule has 2 aliphatic heterocycles. The Balaban J connectivity index is 1.43. The summed E-state index contributed by atoms with van der Waals surface area (Å²) in [6, 6.07) is 5.76. The van der Waals surface area contributed by atoms with Crippen LogP contribution in [0.1, 0.15) is 24.8 Å². The zero-order valence-corrected chi connectivity index (χ0v) is 11.5. The topological polar surface area (TPSA) is 59.6 Å². The van der Waals surface area contributed by atoms with Crippen LogP contribution in [0.15, 0.2) is 18.2 Å². The number of amides is 1. The molecule has 0 bridgehead atoms. The van der Waals surface area contributed by atoms with Crippen LogP contribution in [0.3, 0.4) is 0 Å². The van der Waals surface area contributed by atoms with Crippen molar-refractivity contribution >= 4 is 5.91 Å².